The lowest BCUT2D eigenvalue weighted by Crippen LogP contribution is -2.41. The van der Waals surface area contributed by atoms with Crippen LogP contribution in [0, 0.1) is 13.8 Å². The molecule has 5 rings (SSSR count). The van der Waals surface area contributed by atoms with E-state index in [4.69, 9.17) is 34.8 Å². The third kappa shape index (κ3) is 4.41. The van der Waals surface area contributed by atoms with Crippen molar-refractivity contribution in [3.05, 3.63) is 96.0 Å². The summed E-state index contributed by atoms with van der Waals surface area (Å²) in [6, 6.07) is 12.5. The Balaban J connectivity index is 1.79. The Morgan fingerprint density at radius 1 is 1.09 bits per heavy atom. The number of benzene rings is 1. The highest BCUT2D eigenvalue weighted by atomic mass is 35.5. The number of fused-ring (bicyclic) bond motifs is 1. The van der Waals surface area contributed by atoms with Gasteiger partial charge in [-0.25, -0.2) is 14.8 Å². The first-order chi connectivity index (χ1) is 16.7. The summed E-state index contributed by atoms with van der Waals surface area (Å²) in [5.74, 6) is -0.185. The van der Waals surface area contributed by atoms with Crippen LogP contribution in [0.3, 0.4) is 0 Å². The van der Waals surface area contributed by atoms with Crippen molar-refractivity contribution in [2.24, 2.45) is 0 Å². The monoisotopic (exact) mass is 543 g/mol. The van der Waals surface area contributed by atoms with Crippen LogP contribution in [0.1, 0.15) is 16.1 Å². The van der Waals surface area contributed by atoms with Crippen molar-refractivity contribution in [1.29, 1.82) is 0 Å². The standard InChI is InChI=1S/C25H17Cl3N4O2S/c1-13-4-3-7-31-22(13)32(12-18-11-29-25(28)35-18)24(34)20(23(31)33)16-8-15(9-17(26)10-16)19-6-5-14(2)30-21(19)27/h3-11H,12H2,1-2H3/p+1. The van der Waals surface area contributed by atoms with Crippen LogP contribution in [0.5, 0.6) is 5.88 Å². The number of halogens is 3. The lowest BCUT2D eigenvalue weighted by atomic mass is 10.0. The molecule has 0 aliphatic carbocycles. The molecule has 10 heteroatoms. The minimum absolute atomic E-state index is 0.114. The molecule has 0 bridgehead atoms. The second kappa shape index (κ2) is 9.24. The first-order valence-electron chi connectivity index (χ1n) is 10.5. The molecule has 5 aromatic rings. The Morgan fingerprint density at radius 3 is 2.57 bits per heavy atom. The molecule has 0 radical (unpaired) electrons. The highest BCUT2D eigenvalue weighted by Crippen LogP contribution is 2.34. The highest BCUT2D eigenvalue weighted by Gasteiger charge is 2.27. The van der Waals surface area contributed by atoms with Gasteiger partial charge in [0.15, 0.2) is 10.0 Å². The number of rotatable bonds is 4. The molecule has 176 valence electrons. The van der Waals surface area contributed by atoms with Crippen LogP contribution in [-0.2, 0) is 6.54 Å². The molecule has 4 heterocycles. The van der Waals surface area contributed by atoms with E-state index in [2.05, 4.69) is 9.97 Å². The number of hydrogen-bond acceptors (Lipinski definition) is 5. The molecular formula is C25H18Cl3N4O2S+. The van der Waals surface area contributed by atoms with E-state index in [0.717, 1.165) is 16.1 Å². The van der Waals surface area contributed by atoms with E-state index in [1.807, 2.05) is 32.0 Å². The summed E-state index contributed by atoms with van der Waals surface area (Å²) in [4.78, 5) is 22.9. The number of hydrogen-bond donors (Lipinski definition) is 1. The van der Waals surface area contributed by atoms with Crippen LogP contribution in [0.4, 0.5) is 0 Å². The lowest BCUT2D eigenvalue weighted by Gasteiger charge is -2.12. The second-order valence-corrected chi connectivity index (χ2v) is 10.6. The van der Waals surface area contributed by atoms with Gasteiger partial charge in [0.25, 0.3) is 11.5 Å². The Morgan fingerprint density at radius 2 is 1.86 bits per heavy atom. The smallest absolute Gasteiger partial charge is 0.354 e. The van der Waals surface area contributed by atoms with Crippen molar-refractivity contribution in [3.63, 3.8) is 0 Å². The van der Waals surface area contributed by atoms with E-state index < -0.39 is 0 Å². The van der Waals surface area contributed by atoms with Crippen molar-refractivity contribution in [1.82, 2.24) is 14.4 Å². The fourth-order valence-electron chi connectivity index (χ4n) is 4.11. The van der Waals surface area contributed by atoms with Crippen molar-refractivity contribution in [2.45, 2.75) is 20.4 Å². The third-order valence-corrected chi connectivity index (χ3v) is 7.26. The largest absolute Gasteiger partial charge is 0.477 e. The van der Waals surface area contributed by atoms with Crippen molar-refractivity contribution < 1.29 is 9.67 Å². The summed E-state index contributed by atoms with van der Waals surface area (Å²) in [6.45, 7) is 4.01. The molecule has 6 nitrogen and oxygen atoms in total. The van der Waals surface area contributed by atoms with Crippen molar-refractivity contribution in [2.75, 3.05) is 0 Å². The van der Waals surface area contributed by atoms with Crippen LogP contribution >= 0.6 is 46.1 Å². The molecule has 0 spiro atoms. The molecule has 0 aliphatic heterocycles. The van der Waals surface area contributed by atoms with Gasteiger partial charge in [0.05, 0.1) is 11.1 Å². The Bertz CT molecular complexity index is 1680. The maximum atomic E-state index is 13.7. The first-order valence-corrected chi connectivity index (χ1v) is 12.5. The van der Waals surface area contributed by atoms with E-state index in [-0.39, 0.29) is 23.5 Å². The zero-order valence-electron chi connectivity index (χ0n) is 18.6. The molecule has 35 heavy (non-hydrogen) atoms. The fourth-order valence-corrected chi connectivity index (χ4v) is 5.62. The molecule has 0 saturated heterocycles. The van der Waals surface area contributed by atoms with Gasteiger partial charge >= 0.3 is 5.56 Å². The number of pyridine rings is 2. The molecular weight excluding hydrogens is 527 g/mol. The van der Waals surface area contributed by atoms with Gasteiger partial charge in [0.1, 0.15) is 11.7 Å². The van der Waals surface area contributed by atoms with Gasteiger partial charge in [-0.2, -0.15) is 8.97 Å². The summed E-state index contributed by atoms with van der Waals surface area (Å²) in [6.07, 6.45) is 3.33. The maximum Gasteiger partial charge on any atom is 0.354 e. The van der Waals surface area contributed by atoms with Gasteiger partial charge in [-0.1, -0.05) is 34.8 Å². The average molecular weight is 545 g/mol. The van der Waals surface area contributed by atoms with Crippen LogP contribution in [0.2, 0.25) is 14.6 Å². The van der Waals surface area contributed by atoms with Gasteiger partial charge in [0, 0.05) is 28.0 Å². The summed E-state index contributed by atoms with van der Waals surface area (Å²) in [7, 11) is 0. The maximum absolute atomic E-state index is 13.7. The number of aryl methyl sites for hydroxylation is 2. The molecule has 0 unspecified atom stereocenters. The molecule has 1 aromatic carbocycles. The lowest BCUT2D eigenvalue weighted by molar-refractivity contribution is -0.671. The predicted molar refractivity (Wildman–Crippen MR) is 140 cm³/mol. The van der Waals surface area contributed by atoms with Gasteiger partial charge in [-0.3, -0.25) is 0 Å². The van der Waals surface area contributed by atoms with Gasteiger partial charge in [-0.15, -0.1) is 11.3 Å². The van der Waals surface area contributed by atoms with E-state index in [1.165, 1.54) is 15.7 Å². The Kier molecular flexibility index (Phi) is 6.27. The molecule has 0 aliphatic rings. The van der Waals surface area contributed by atoms with Gasteiger partial charge < -0.3 is 5.11 Å². The van der Waals surface area contributed by atoms with E-state index in [1.54, 1.807) is 41.2 Å². The molecule has 0 amide bonds. The minimum atomic E-state index is -0.374. The zero-order chi connectivity index (χ0) is 24.9. The number of aromatic hydroxyl groups is 1. The molecule has 0 fully saturated rings. The van der Waals surface area contributed by atoms with Crippen LogP contribution in [0.15, 0.2) is 59.7 Å². The van der Waals surface area contributed by atoms with E-state index in [0.29, 0.717) is 37.0 Å². The van der Waals surface area contributed by atoms with Crippen LogP contribution in [0.25, 0.3) is 27.9 Å². The quantitative estimate of drug-likeness (QED) is 0.219. The number of aromatic nitrogens is 4. The summed E-state index contributed by atoms with van der Waals surface area (Å²) < 4.78 is 3.60. The predicted octanol–water partition coefficient (Wildman–Crippen LogP) is 6.10. The molecule has 0 saturated carbocycles. The topological polar surface area (TPSA) is 71.4 Å². The average Bonchev–Trinajstić information content (AvgIpc) is 3.21. The summed E-state index contributed by atoms with van der Waals surface area (Å²) in [5.41, 5.74) is 3.72. The SMILES string of the molecule is Cc1ccc(-c2cc(Cl)cc(-c3c(O)[n+](Cc4cnc(Cl)s4)c4c(C)cccn4c3=O)c2)c(Cl)n1. The number of thiazole rings is 1. The molecule has 4 aromatic heterocycles. The Labute approximate surface area is 219 Å². The van der Waals surface area contributed by atoms with Gasteiger partial charge in [-0.05, 0) is 67.4 Å². The molecule has 0 atom stereocenters. The Hall–Kier alpha value is -2.97. The summed E-state index contributed by atoms with van der Waals surface area (Å²) in [5, 5.41) is 12.2. The third-order valence-electron chi connectivity index (χ3n) is 5.65. The van der Waals surface area contributed by atoms with Crippen molar-refractivity contribution >= 4 is 51.8 Å². The second-order valence-electron chi connectivity index (χ2n) is 8.07. The van der Waals surface area contributed by atoms with E-state index >= 15 is 0 Å². The van der Waals surface area contributed by atoms with Gasteiger partial charge in [0.2, 0.25) is 0 Å². The minimum Gasteiger partial charge on any atom is -0.477 e. The first kappa shape index (κ1) is 23.8. The highest BCUT2D eigenvalue weighted by molar-refractivity contribution is 7.15. The summed E-state index contributed by atoms with van der Waals surface area (Å²) >= 11 is 20.2. The fraction of sp³-hybridized carbons (Fsp3) is 0.120. The van der Waals surface area contributed by atoms with Crippen LogP contribution in [-0.4, -0.2) is 19.5 Å². The molecule has 1 N–H and O–H groups in total. The number of nitrogens with zero attached hydrogens (tertiary/aromatic N) is 4. The zero-order valence-corrected chi connectivity index (χ0v) is 21.7. The normalized spacial score (nSPS) is 11.3. The van der Waals surface area contributed by atoms with Crippen molar-refractivity contribution in [3.8, 4) is 28.1 Å². The van der Waals surface area contributed by atoms with Crippen LogP contribution < -0.4 is 10.1 Å². The van der Waals surface area contributed by atoms with E-state index in [9.17, 15) is 9.90 Å².